The summed E-state index contributed by atoms with van der Waals surface area (Å²) < 4.78 is 12.7. The molecule has 0 aliphatic carbocycles. The molecule has 1 aliphatic heterocycles. The Kier molecular flexibility index (Phi) is 6.28. The molecular formula is C20H27N3O3. The fraction of sp³-hybridized carbons (Fsp3) is 0.500. The predicted molar refractivity (Wildman–Crippen MR) is 99.5 cm³/mol. The summed E-state index contributed by atoms with van der Waals surface area (Å²) in [5.74, 6) is 0.862. The summed E-state index contributed by atoms with van der Waals surface area (Å²) in [6, 6.07) is 9.79. The number of amides is 1. The van der Waals surface area contributed by atoms with Crippen LogP contribution in [-0.4, -0.2) is 53.5 Å². The molecule has 2 aromatic rings. The lowest BCUT2D eigenvalue weighted by molar-refractivity contribution is 0.0519. The summed E-state index contributed by atoms with van der Waals surface area (Å²) in [4.78, 5) is 15.0. The topological polar surface area (TPSA) is 56.6 Å². The highest BCUT2D eigenvalue weighted by Crippen LogP contribution is 2.17. The first-order chi connectivity index (χ1) is 12.7. The van der Waals surface area contributed by atoms with Crippen LogP contribution in [0, 0.1) is 0 Å². The Balaban J connectivity index is 1.70. The molecule has 3 rings (SSSR count). The first-order valence-corrected chi connectivity index (χ1v) is 9.27. The maximum Gasteiger partial charge on any atom is 0.272 e. The molecule has 0 radical (unpaired) electrons. The van der Waals surface area contributed by atoms with Crippen LogP contribution in [0.1, 0.15) is 35.8 Å². The highest BCUT2D eigenvalue weighted by atomic mass is 16.5. The molecule has 26 heavy (non-hydrogen) atoms. The number of aromatic nitrogens is 2. The summed E-state index contributed by atoms with van der Waals surface area (Å²) >= 11 is 0. The molecule has 0 unspecified atom stereocenters. The van der Waals surface area contributed by atoms with E-state index in [1.165, 1.54) is 5.56 Å². The van der Waals surface area contributed by atoms with Crippen LogP contribution in [0.5, 0.6) is 5.75 Å². The van der Waals surface area contributed by atoms with Crippen molar-refractivity contribution < 1.29 is 14.3 Å². The molecular weight excluding hydrogens is 330 g/mol. The van der Waals surface area contributed by atoms with Crippen molar-refractivity contribution in [2.75, 3.05) is 26.8 Å². The molecule has 1 atom stereocenters. The molecule has 1 amide bonds. The number of nitrogens with zero attached hydrogens (tertiary/aromatic N) is 3. The third-order valence-electron chi connectivity index (χ3n) is 4.80. The van der Waals surface area contributed by atoms with Crippen LogP contribution in [0.2, 0.25) is 0 Å². The molecule has 0 bridgehead atoms. The molecule has 0 N–H and O–H groups in total. The largest absolute Gasteiger partial charge is 0.497 e. The molecule has 1 fully saturated rings. The van der Waals surface area contributed by atoms with Crippen molar-refractivity contribution >= 4 is 5.91 Å². The minimum absolute atomic E-state index is 0.0216. The zero-order chi connectivity index (χ0) is 18.4. The molecule has 140 valence electrons. The van der Waals surface area contributed by atoms with E-state index in [-0.39, 0.29) is 12.0 Å². The van der Waals surface area contributed by atoms with Crippen LogP contribution in [0.3, 0.4) is 0 Å². The molecule has 1 aromatic heterocycles. The lowest BCUT2D eigenvalue weighted by Crippen LogP contribution is -2.39. The molecule has 2 heterocycles. The van der Waals surface area contributed by atoms with Gasteiger partial charge < -0.3 is 14.4 Å². The van der Waals surface area contributed by atoms with Gasteiger partial charge in [-0.25, -0.2) is 0 Å². The Morgan fingerprint density at radius 1 is 1.35 bits per heavy atom. The van der Waals surface area contributed by atoms with Crippen LogP contribution in [0.25, 0.3) is 0 Å². The molecule has 1 saturated heterocycles. The van der Waals surface area contributed by atoms with Gasteiger partial charge in [0.15, 0.2) is 0 Å². The van der Waals surface area contributed by atoms with Gasteiger partial charge in [-0.3, -0.25) is 9.48 Å². The van der Waals surface area contributed by atoms with E-state index in [1.807, 2.05) is 36.1 Å². The van der Waals surface area contributed by atoms with E-state index in [9.17, 15) is 4.79 Å². The van der Waals surface area contributed by atoms with Crippen molar-refractivity contribution in [3.8, 4) is 5.75 Å². The number of hydrogen-bond acceptors (Lipinski definition) is 4. The van der Waals surface area contributed by atoms with E-state index in [0.717, 1.165) is 31.6 Å². The van der Waals surface area contributed by atoms with Crippen molar-refractivity contribution in [1.82, 2.24) is 14.7 Å². The highest BCUT2D eigenvalue weighted by molar-refractivity contribution is 5.92. The summed E-state index contributed by atoms with van der Waals surface area (Å²) in [5, 5.41) is 4.23. The van der Waals surface area contributed by atoms with E-state index in [1.54, 1.807) is 24.1 Å². The highest BCUT2D eigenvalue weighted by Gasteiger charge is 2.25. The van der Waals surface area contributed by atoms with Gasteiger partial charge in [0.05, 0.1) is 13.2 Å². The number of carbonyl (C=O) groups excluding carboxylic acids is 1. The normalized spacial score (nSPS) is 16.6. The second-order valence-electron chi connectivity index (χ2n) is 6.52. The lowest BCUT2D eigenvalue weighted by Gasteiger charge is -2.26. The Morgan fingerprint density at radius 2 is 2.15 bits per heavy atom. The Labute approximate surface area is 154 Å². The van der Waals surface area contributed by atoms with Gasteiger partial charge in [0.25, 0.3) is 5.91 Å². The first kappa shape index (κ1) is 18.5. The van der Waals surface area contributed by atoms with Crippen molar-refractivity contribution in [2.45, 2.75) is 38.8 Å². The van der Waals surface area contributed by atoms with E-state index in [2.05, 4.69) is 5.10 Å². The number of rotatable bonds is 8. The predicted octanol–water partition coefficient (Wildman–Crippen LogP) is 2.78. The van der Waals surface area contributed by atoms with Crippen LogP contribution >= 0.6 is 0 Å². The van der Waals surface area contributed by atoms with E-state index >= 15 is 0 Å². The lowest BCUT2D eigenvalue weighted by atomic mass is 10.1. The van der Waals surface area contributed by atoms with Crippen LogP contribution in [-0.2, 0) is 17.7 Å². The summed E-state index contributed by atoms with van der Waals surface area (Å²) in [6.45, 7) is 4.74. The first-order valence-electron chi connectivity index (χ1n) is 9.27. The van der Waals surface area contributed by atoms with Gasteiger partial charge in [-0.1, -0.05) is 12.1 Å². The average molecular weight is 357 g/mol. The number of aryl methyl sites for hydroxylation is 1. The molecule has 0 spiro atoms. The second kappa shape index (κ2) is 8.85. The Morgan fingerprint density at radius 3 is 2.81 bits per heavy atom. The zero-order valence-corrected chi connectivity index (χ0v) is 15.6. The van der Waals surface area contributed by atoms with Crippen LogP contribution in [0.15, 0.2) is 36.5 Å². The Bertz CT molecular complexity index is 705. The number of methoxy groups -OCH3 is 1. The molecule has 6 heteroatoms. The summed E-state index contributed by atoms with van der Waals surface area (Å²) in [7, 11) is 1.66. The minimum Gasteiger partial charge on any atom is -0.497 e. The number of benzene rings is 1. The minimum atomic E-state index is 0.0216. The molecule has 1 aromatic carbocycles. The monoisotopic (exact) mass is 357 g/mol. The van der Waals surface area contributed by atoms with Gasteiger partial charge >= 0.3 is 0 Å². The van der Waals surface area contributed by atoms with Gasteiger partial charge in [0.2, 0.25) is 0 Å². The van der Waals surface area contributed by atoms with Crippen molar-refractivity contribution in [1.29, 1.82) is 0 Å². The molecule has 0 saturated carbocycles. The Hall–Kier alpha value is -2.34. The van der Waals surface area contributed by atoms with E-state index in [4.69, 9.17) is 9.47 Å². The van der Waals surface area contributed by atoms with E-state index in [0.29, 0.717) is 25.3 Å². The quantitative estimate of drug-likeness (QED) is 0.729. The molecule has 1 aliphatic rings. The van der Waals surface area contributed by atoms with Crippen molar-refractivity contribution in [3.05, 3.63) is 47.8 Å². The SMILES string of the molecule is CCn1nccc1C(=O)N(CCc1ccc(OC)cc1)C[C@@H]1CCCO1. The van der Waals surface area contributed by atoms with Crippen LogP contribution in [0.4, 0.5) is 0 Å². The van der Waals surface area contributed by atoms with E-state index < -0.39 is 0 Å². The fourth-order valence-electron chi connectivity index (χ4n) is 3.29. The second-order valence-corrected chi connectivity index (χ2v) is 6.52. The van der Waals surface area contributed by atoms with Gasteiger partial charge in [-0.2, -0.15) is 5.10 Å². The van der Waals surface area contributed by atoms with Crippen LogP contribution < -0.4 is 4.74 Å². The molecule has 6 nitrogen and oxygen atoms in total. The smallest absolute Gasteiger partial charge is 0.272 e. The standard InChI is InChI=1S/C20H27N3O3/c1-3-23-19(10-12-21-23)20(24)22(15-18-5-4-14-26-18)13-11-16-6-8-17(25-2)9-7-16/h6-10,12,18H,3-5,11,13-15H2,1-2H3/t18-/m0/s1. The summed E-state index contributed by atoms with van der Waals surface area (Å²) in [6.07, 6.45) is 4.69. The van der Waals surface area contributed by atoms with Gasteiger partial charge in [-0.15, -0.1) is 0 Å². The fourth-order valence-corrected chi connectivity index (χ4v) is 3.29. The number of carbonyl (C=O) groups is 1. The maximum atomic E-state index is 13.1. The van der Waals surface area contributed by atoms with Crippen molar-refractivity contribution in [2.24, 2.45) is 0 Å². The third kappa shape index (κ3) is 4.43. The number of hydrogen-bond donors (Lipinski definition) is 0. The number of ether oxygens (including phenoxy) is 2. The van der Waals surface area contributed by atoms with Gasteiger partial charge in [-0.05, 0) is 49.9 Å². The third-order valence-corrected chi connectivity index (χ3v) is 4.80. The van der Waals surface area contributed by atoms with Gasteiger partial charge in [0.1, 0.15) is 11.4 Å². The van der Waals surface area contributed by atoms with Gasteiger partial charge in [0, 0.05) is 32.4 Å². The average Bonchev–Trinajstić information content (AvgIpc) is 3.36. The summed E-state index contributed by atoms with van der Waals surface area (Å²) in [5.41, 5.74) is 1.82. The maximum absolute atomic E-state index is 13.1. The van der Waals surface area contributed by atoms with Crippen molar-refractivity contribution in [3.63, 3.8) is 0 Å². The zero-order valence-electron chi connectivity index (χ0n) is 15.6.